The fourth-order valence-electron chi connectivity index (χ4n) is 13.6. The topological polar surface area (TPSA) is 3.24 Å². The maximum atomic E-state index is 2.47. The average Bonchev–Trinajstić information content (AvgIpc) is 4.23. The fourth-order valence-corrected chi connectivity index (χ4v) is 13.6. The summed E-state index contributed by atoms with van der Waals surface area (Å²) >= 11 is 0. The molecule has 0 saturated carbocycles. The molecule has 0 heterocycles. The van der Waals surface area contributed by atoms with E-state index >= 15 is 0 Å². The first-order chi connectivity index (χ1) is 39.2. The lowest BCUT2D eigenvalue weighted by Gasteiger charge is -2.35. The van der Waals surface area contributed by atoms with Crippen LogP contribution in [0.3, 0.4) is 0 Å². The number of anilines is 3. The van der Waals surface area contributed by atoms with Crippen molar-refractivity contribution in [1.29, 1.82) is 0 Å². The van der Waals surface area contributed by atoms with E-state index < -0.39 is 10.8 Å². The van der Waals surface area contributed by atoms with Gasteiger partial charge in [0.1, 0.15) is 0 Å². The van der Waals surface area contributed by atoms with E-state index in [1.54, 1.807) is 0 Å². The van der Waals surface area contributed by atoms with Crippen molar-refractivity contribution in [3.8, 4) is 55.6 Å². The Hall–Kier alpha value is -10.1. The predicted molar refractivity (Wildman–Crippen MR) is 330 cm³/mol. The summed E-state index contributed by atoms with van der Waals surface area (Å²) in [5.74, 6) is 0. The van der Waals surface area contributed by atoms with E-state index in [4.69, 9.17) is 0 Å². The van der Waals surface area contributed by atoms with Crippen molar-refractivity contribution in [3.63, 3.8) is 0 Å². The SMILES string of the molecule is c1ccc(C2(c3ccccc3)c3ccccc3-c3ccc(-c4ccc(N(c5ccc(-c6cccc(-c7cccc8ccccc78)c6)cc5)c5ccc6c(c5)C(c5ccccc5)(c5ccccc5)c5ccccc5-6)cc4)cc32)cc1. The van der Waals surface area contributed by atoms with E-state index in [0.717, 1.165) is 22.6 Å². The van der Waals surface area contributed by atoms with Crippen LogP contribution in [0.25, 0.3) is 66.4 Å². The van der Waals surface area contributed by atoms with Gasteiger partial charge in [-0.2, -0.15) is 0 Å². The molecule has 0 atom stereocenters. The molecule has 15 rings (SSSR count). The number of fused-ring (bicyclic) bond motifs is 7. The van der Waals surface area contributed by atoms with Gasteiger partial charge in [-0.05, 0) is 159 Å². The molecule has 370 valence electrons. The molecule has 2 aliphatic rings. The van der Waals surface area contributed by atoms with Crippen molar-refractivity contribution < 1.29 is 0 Å². The van der Waals surface area contributed by atoms with Gasteiger partial charge in [-0.1, -0.05) is 273 Å². The van der Waals surface area contributed by atoms with Crippen LogP contribution in [-0.4, -0.2) is 0 Å². The molecule has 79 heavy (non-hydrogen) atoms. The number of benzene rings is 13. The van der Waals surface area contributed by atoms with Crippen molar-refractivity contribution >= 4 is 27.8 Å². The molecule has 0 fully saturated rings. The molecule has 1 nitrogen and oxygen atoms in total. The highest BCUT2D eigenvalue weighted by Crippen LogP contribution is 2.59. The van der Waals surface area contributed by atoms with Crippen LogP contribution in [0.2, 0.25) is 0 Å². The summed E-state index contributed by atoms with van der Waals surface area (Å²) in [5, 5.41) is 2.50. The van der Waals surface area contributed by atoms with E-state index in [-0.39, 0.29) is 0 Å². The van der Waals surface area contributed by atoms with Gasteiger partial charge in [-0.15, -0.1) is 0 Å². The molecule has 13 aromatic carbocycles. The Morgan fingerprint density at radius 1 is 0.203 bits per heavy atom. The zero-order valence-electron chi connectivity index (χ0n) is 43.5. The van der Waals surface area contributed by atoms with Crippen LogP contribution >= 0.6 is 0 Å². The van der Waals surface area contributed by atoms with E-state index in [1.807, 2.05) is 0 Å². The minimum Gasteiger partial charge on any atom is -0.310 e. The monoisotopic (exact) mass is 1000 g/mol. The Morgan fingerprint density at radius 3 is 1.11 bits per heavy atom. The lowest BCUT2D eigenvalue weighted by Crippen LogP contribution is -2.28. The van der Waals surface area contributed by atoms with Crippen molar-refractivity contribution in [2.24, 2.45) is 0 Å². The Kier molecular flexibility index (Phi) is 11.1. The molecule has 0 spiro atoms. The predicted octanol–water partition coefficient (Wildman–Crippen LogP) is 20.0. The smallest absolute Gasteiger partial charge is 0.0714 e. The lowest BCUT2D eigenvalue weighted by atomic mass is 9.67. The second-order valence-corrected chi connectivity index (χ2v) is 21.1. The molecule has 0 aromatic heterocycles. The summed E-state index contributed by atoms with van der Waals surface area (Å²) in [6, 6.07) is 119. The first-order valence-corrected chi connectivity index (χ1v) is 27.5. The lowest BCUT2D eigenvalue weighted by molar-refractivity contribution is 0.768. The zero-order chi connectivity index (χ0) is 52.3. The number of nitrogens with zero attached hydrogens (tertiary/aromatic N) is 1. The molecule has 0 aliphatic heterocycles. The van der Waals surface area contributed by atoms with E-state index in [9.17, 15) is 0 Å². The van der Waals surface area contributed by atoms with Crippen LogP contribution in [0, 0.1) is 0 Å². The van der Waals surface area contributed by atoms with Gasteiger partial charge < -0.3 is 4.90 Å². The quantitative estimate of drug-likeness (QED) is 0.132. The van der Waals surface area contributed by atoms with Crippen molar-refractivity contribution in [2.75, 3.05) is 4.90 Å². The molecule has 0 saturated heterocycles. The molecule has 1 heteroatoms. The maximum absolute atomic E-state index is 2.47. The minimum atomic E-state index is -0.541. The highest BCUT2D eigenvalue weighted by atomic mass is 15.1. The molecule has 0 N–H and O–H groups in total. The summed E-state index contributed by atoms with van der Waals surface area (Å²) in [5.41, 5.74) is 24.6. The van der Waals surface area contributed by atoms with E-state index in [2.05, 4.69) is 326 Å². The van der Waals surface area contributed by atoms with Crippen LogP contribution in [0.15, 0.2) is 322 Å². The Labute approximate surface area is 462 Å². The van der Waals surface area contributed by atoms with Gasteiger partial charge in [-0.25, -0.2) is 0 Å². The highest BCUT2D eigenvalue weighted by molar-refractivity contribution is 5.98. The molecule has 13 aromatic rings. The van der Waals surface area contributed by atoms with E-state index in [1.165, 1.54) is 105 Å². The van der Waals surface area contributed by atoms with Gasteiger partial charge in [0, 0.05) is 17.1 Å². The molecular weight excluding hydrogens is 951 g/mol. The molecule has 0 radical (unpaired) electrons. The third-order valence-electron chi connectivity index (χ3n) is 17.0. The zero-order valence-corrected chi connectivity index (χ0v) is 43.5. The third kappa shape index (κ3) is 7.31. The van der Waals surface area contributed by atoms with Crippen LogP contribution in [0.4, 0.5) is 17.1 Å². The third-order valence-corrected chi connectivity index (χ3v) is 17.0. The standard InChI is InChI=1S/C78H53N/c1-5-25-60(26-6-1)77(61-27-7-2-8-28-61)73-37-17-15-34-69(73)71-49-43-58(52-75(71)77)55-41-46-65(47-42-55)79(64-44-39-54(40-45-64)57-23-19-24-59(51-57)68-36-20-22-56-21-13-14-33-67(56)68)66-48-50-72-70-35-16-18-38-74(70)78(76(72)53-66,62-29-9-3-10-30-62)63-31-11-4-12-32-63/h1-53H. The van der Waals surface area contributed by atoms with E-state index in [0.29, 0.717) is 0 Å². The number of rotatable bonds is 10. The summed E-state index contributed by atoms with van der Waals surface area (Å²) < 4.78 is 0. The van der Waals surface area contributed by atoms with Gasteiger partial charge in [0.15, 0.2) is 0 Å². The van der Waals surface area contributed by atoms with Crippen LogP contribution < -0.4 is 4.90 Å². The Balaban J connectivity index is 0.880. The van der Waals surface area contributed by atoms with Crippen LogP contribution in [0.1, 0.15) is 44.5 Å². The van der Waals surface area contributed by atoms with Gasteiger partial charge in [0.05, 0.1) is 10.8 Å². The molecule has 0 amide bonds. The first-order valence-electron chi connectivity index (χ1n) is 27.5. The number of hydrogen-bond donors (Lipinski definition) is 0. The summed E-state index contributed by atoms with van der Waals surface area (Å²) in [7, 11) is 0. The second-order valence-electron chi connectivity index (χ2n) is 21.1. The Morgan fingerprint density at radius 2 is 0.570 bits per heavy atom. The van der Waals surface area contributed by atoms with Gasteiger partial charge in [-0.3, -0.25) is 0 Å². The van der Waals surface area contributed by atoms with Gasteiger partial charge >= 0.3 is 0 Å². The largest absolute Gasteiger partial charge is 0.310 e. The second kappa shape index (κ2) is 18.9. The molecular formula is C78H53N. The van der Waals surface area contributed by atoms with Crippen LogP contribution in [0.5, 0.6) is 0 Å². The molecule has 0 unspecified atom stereocenters. The summed E-state index contributed by atoms with van der Waals surface area (Å²) in [4.78, 5) is 2.44. The fraction of sp³-hybridized carbons (Fsp3) is 0.0256. The summed E-state index contributed by atoms with van der Waals surface area (Å²) in [6.45, 7) is 0. The number of hydrogen-bond acceptors (Lipinski definition) is 1. The highest BCUT2D eigenvalue weighted by Gasteiger charge is 2.47. The van der Waals surface area contributed by atoms with Gasteiger partial charge in [0.2, 0.25) is 0 Å². The normalized spacial score (nSPS) is 13.3. The van der Waals surface area contributed by atoms with Gasteiger partial charge in [0.25, 0.3) is 0 Å². The minimum absolute atomic E-state index is 0.480. The van der Waals surface area contributed by atoms with Crippen LogP contribution in [-0.2, 0) is 10.8 Å². The summed E-state index contributed by atoms with van der Waals surface area (Å²) in [6.07, 6.45) is 0. The van der Waals surface area contributed by atoms with Crippen molar-refractivity contribution in [2.45, 2.75) is 10.8 Å². The van der Waals surface area contributed by atoms with Crippen molar-refractivity contribution in [1.82, 2.24) is 0 Å². The first kappa shape index (κ1) is 46.2. The molecule has 0 bridgehead atoms. The average molecular weight is 1000 g/mol. The maximum Gasteiger partial charge on any atom is 0.0714 e. The Bertz CT molecular complexity index is 4310. The molecule has 2 aliphatic carbocycles. The van der Waals surface area contributed by atoms with Crippen molar-refractivity contribution in [3.05, 3.63) is 366 Å².